The zero-order valence-electron chi connectivity index (χ0n) is 13.0. The summed E-state index contributed by atoms with van der Waals surface area (Å²) in [6.07, 6.45) is 3.18. The molecular weight excluding hydrogens is 282 g/mol. The Hall–Kier alpha value is -2.04. The molecule has 1 N–H and O–H groups in total. The lowest BCUT2D eigenvalue weighted by Crippen LogP contribution is -2.48. The molecule has 1 aliphatic rings. The van der Waals surface area contributed by atoms with Crippen LogP contribution >= 0.6 is 0 Å². The van der Waals surface area contributed by atoms with Crippen molar-refractivity contribution in [3.63, 3.8) is 0 Å². The molecule has 0 aromatic heterocycles. The van der Waals surface area contributed by atoms with Gasteiger partial charge in [0.2, 0.25) is 5.91 Å². The van der Waals surface area contributed by atoms with E-state index in [4.69, 9.17) is 4.74 Å². The number of benzene rings is 1. The first-order valence-corrected chi connectivity index (χ1v) is 7.86. The van der Waals surface area contributed by atoms with Crippen LogP contribution in [0, 0.1) is 0 Å². The number of para-hydroxylation sites is 1. The number of carbonyl (C=O) groups excluding carboxylic acids is 1. The molecule has 0 radical (unpaired) electrons. The Morgan fingerprint density at radius 3 is 2.82 bits per heavy atom. The van der Waals surface area contributed by atoms with Crippen LogP contribution in [0.2, 0.25) is 0 Å². The monoisotopic (exact) mass is 305 g/mol. The van der Waals surface area contributed by atoms with Crippen LogP contribution in [0.5, 0.6) is 5.75 Å². The van der Waals surface area contributed by atoms with Gasteiger partial charge in [0.25, 0.3) is 0 Å². The third-order valence-electron chi connectivity index (χ3n) is 3.99. The number of carbonyl (C=O) groups is 2. The Balaban J connectivity index is 1.98. The number of aliphatic carboxylic acids is 1. The molecule has 1 aromatic carbocycles. The Morgan fingerprint density at radius 1 is 1.32 bits per heavy atom. The molecule has 1 aromatic rings. The zero-order chi connectivity index (χ0) is 15.9. The van der Waals surface area contributed by atoms with Crippen LogP contribution in [0.1, 0.15) is 38.2 Å². The summed E-state index contributed by atoms with van der Waals surface area (Å²) in [5, 5.41) is 9.24. The fraction of sp³-hybridized carbons (Fsp3) is 0.529. The molecule has 0 spiro atoms. The van der Waals surface area contributed by atoms with Crippen LogP contribution in [0.3, 0.4) is 0 Å². The number of rotatable bonds is 6. The van der Waals surface area contributed by atoms with Gasteiger partial charge < -0.3 is 14.7 Å². The third kappa shape index (κ3) is 4.00. The molecule has 22 heavy (non-hydrogen) atoms. The van der Waals surface area contributed by atoms with Crippen LogP contribution in [0.25, 0.3) is 0 Å². The molecule has 0 saturated carbocycles. The summed E-state index contributed by atoms with van der Waals surface area (Å²) in [6, 6.07) is 7.00. The lowest BCUT2D eigenvalue weighted by molar-refractivity contribution is -0.152. The maximum absolute atomic E-state index is 12.4. The van der Waals surface area contributed by atoms with Gasteiger partial charge in [0.15, 0.2) is 0 Å². The topological polar surface area (TPSA) is 66.8 Å². The van der Waals surface area contributed by atoms with Gasteiger partial charge in [0.1, 0.15) is 11.8 Å². The number of nitrogens with zero attached hydrogens (tertiary/aromatic N) is 1. The van der Waals surface area contributed by atoms with E-state index in [0.717, 1.165) is 24.2 Å². The predicted octanol–water partition coefficient (Wildman–Crippen LogP) is 2.48. The highest BCUT2D eigenvalue weighted by Crippen LogP contribution is 2.22. The molecule has 1 fully saturated rings. The molecule has 5 heteroatoms. The second-order valence-corrected chi connectivity index (χ2v) is 5.48. The number of carboxylic acids is 1. The van der Waals surface area contributed by atoms with Gasteiger partial charge in [-0.15, -0.1) is 0 Å². The molecule has 1 amide bonds. The average Bonchev–Trinajstić information content (AvgIpc) is 2.54. The number of hydrogen-bond acceptors (Lipinski definition) is 3. The summed E-state index contributed by atoms with van der Waals surface area (Å²) in [7, 11) is 0. The minimum absolute atomic E-state index is 0.0848. The molecule has 0 unspecified atom stereocenters. The van der Waals surface area contributed by atoms with Gasteiger partial charge in [0, 0.05) is 13.0 Å². The SMILES string of the molecule is CCOc1ccccc1CCC(=O)N1CCCC[C@H]1C(=O)O. The number of amides is 1. The zero-order valence-corrected chi connectivity index (χ0v) is 13.0. The molecular formula is C17H23NO4. The molecule has 0 bridgehead atoms. The predicted molar refractivity (Wildman–Crippen MR) is 82.9 cm³/mol. The number of ether oxygens (including phenoxy) is 1. The first-order valence-electron chi connectivity index (χ1n) is 7.86. The van der Waals surface area contributed by atoms with Gasteiger partial charge in [0.05, 0.1) is 6.61 Å². The first kappa shape index (κ1) is 16.3. The third-order valence-corrected chi connectivity index (χ3v) is 3.99. The highest BCUT2D eigenvalue weighted by atomic mass is 16.5. The van der Waals surface area contributed by atoms with Gasteiger partial charge in [-0.1, -0.05) is 18.2 Å². The second-order valence-electron chi connectivity index (χ2n) is 5.48. The van der Waals surface area contributed by atoms with Crippen molar-refractivity contribution in [1.29, 1.82) is 0 Å². The number of piperidine rings is 1. The lowest BCUT2D eigenvalue weighted by atomic mass is 10.0. The molecule has 1 saturated heterocycles. The van der Waals surface area contributed by atoms with Crippen LogP contribution in [-0.4, -0.2) is 41.1 Å². The largest absolute Gasteiger partial charge is 0.494 e. The Labute approximate surface area is 130 Å². The lowest BCUT2D eigenvalue weighted by Gasteiger charge is -2.33. The molecule has 2 rings (SSSR count). The summed E-state index contributed by atoms with van der Waals surface area (Å²) >= 11 is 0. The van der Waals surface area contributed by atoms with Crippen LogP contribution in [0.15, 0.2) is 24.3 Å². The number of aryl methyl sites for hydroxylation is 1. The van der Waals surface area contributed by atoms with E-state index < -0.39 is 12.0 Å². The highest BCUT2D eigenvalue weighted by Gasteiger charge is 2.31. The summed E-state index contributed by atoms with van der Waals surface area (Å²) in [4.78, 5) is 25.2. The van der Waals surface area contributed by atoms with Crippen molar-refractivity contribution >= 4 is 11.9 Å². The van der Waals surface area contributed by atoms with Crippen molar-refractivity contribution in [2.45, 2.75) is 45.1 Å². The first-order chi connectivity index (χ1) is 10.6. The smallest absolute Gasteiger partial charge is 0.326 e. The summed E-state index contributed by atoms with van der Waals surface area (Å²) < 4.78 is 5.56. The van der Waals surface area contributed by atoms with Gasteiger partial charge >= 0.3 is 5.97 Å². The molecule has 120 valence electrons. The van der Waals surface area contributed by atoms with E-state index >= 15 is 0 Å². The van der Waals surface area contributed by atoms with E-state index in [1.807, 2.05) is 31.2 Å². The Morgan fingerprint density at radius 2 is 2.09 bits per heavy atom. The number of carboxylic acid groups (broad SMARTS) is 1. The van der Waals surface area contributed by atoms with E-state index in [0.29, 0.717) is 32.4 Å². The van der Waals surface area contributed by atoms with Crippen molar-refractivity contribution in [1.82, 2.24) is 4.90 Å². The van der Waals surface area contributed by atoms with E-state index in [-0.39, 0.29) is 5.91 Å². The van der Waals surface area contributed by atoms with Gasteiger partial charge in [-0.25, -0.2) is 4.79 Å². The van der Waals surface area contributed by atoms with Crippen molar-refractivity contribution in [2.75, 3.05) is 13.2 Å². The maximum Gasteiger partial charge on any atom is 0.326 e. The number of hydrogen-bond donors (Lipinski definition) is 1. The van der Waals surface area contributed by atoms with Crippen molar-refractivity contribution < 1.29 is 19.4 Å². The minimum atomic E-state index is -0.900. The fourth-order valence-electron chi connectivity index (χ4n) is 2.88. The van der Waals surface area contributed by atoms with Crippen LogP contribution < -0.4 is 4.74 Å². The van der Waals surface area contributed by atoms with E-state index in [1.165, 1.54) is 4.90 Å². The molecule has 5 nitrogen and oxygen atoms in total. The summed E-state index contributed by atoms with van der Waals surface area (Å²) in [5.74, 6) is -0.188. The maximum atomic E-state index is 12.4. The number of likely N-dealkylation sites (tertiary alicyclic amines) is 1. The molecule has 1 heterocycles. The normalized spacial score (nSPS) is 18.0. The van der Waals surface area contributed by atoms with Crippen molar-refractivity contribution in [2.24, 2.45) is 0 Å². The highest BCUT2D eigenvalue weighted by molar-refractivity contribution is 5.84. The molecule has 0 aliphatic carbocycles. The van der Waals surface area contributed by atoms with Crippen LogP contribution in [0.4, 0.5) is 0 Å². The van der Waals surface area contributed by atoms with E-state index in [1.54, 1.807) is 0 Å². The van der Waals surface area contributed by atoms with Crippen molar-refractivity contribution in [3.05, 3.63) is 29.8 Å². The minimum Gasteiger partial charge on any atom is -0.494 e. The summed E-state index contributed by atoms with van der Waals surface area (Å²) in [5.41, 5.74) is 0.988. The van der Waals surface area contributed by atoms with E-state index in [9.17, 15) is 14.7 Å². The van der Waals surface area contributed by atoms with Gasteiger partial charge in [-0.2, -0.15) is 0 Å². The standard InChI is InChI=1S/C17H23NO4/c1-2-22-15-9-4-3-7-13(15)10-11-16(19)18-12-6-5-8-14(18)17(20)21/h3-4,7,9,14H,2,5-6,8,10-12H2,1H3,(H,20,21)/t14-/m0/s1. The molecule has 1 aliphatic heterocycles. The van der Waals surface area contributed by atoms with Gasteiger partial charge in [-0.05, 0) is 44.2 Å². The molecule has 1 atom stereocenters. The van der Waals surface area contributed by atoms with E-state index in [2.05, 4.69) is 0 Å². The fourth-order valence-corrected chi connectivity index (χ4v) is 2.88. The van der Waals surface area contributed by atoms with Gasteiger partial charge in [-0.3, -0.25) is 4.79 Å². The Bertz CT molecular complexity index is 529. The summed E-state index contributed by atoms with van der Waals surface area (Å²) in [6.45, 7) is 3.05. The Kier molecular flexibility index (Phi) is 5.81. The average molecular weight is 305 g/mol. The van der Waals surface area contributed by atoms with Crippen molar-refractivity contribution in [3.8, 4) is 5.75 Å². The quantitative estimate of drug-likeness (QED) is 0.877. The second kappa shape index (κ2) is 7.82. The van der Waals surface area contributed by atoms with Crippen LogP contribution in [-0.2, 0) is 16.0 Å².